The number of likely N-dealkylation sites (N-methyl/N-ethyl adjacent to an activating group) is 1. The molecule has 322 valence electrons. The fraction of sp³-hybridized carbons (Fsp3) is 0.535. The predicted octanol–water partition coefficient (Wildman–Crippen LogP) is 4.34. The Morgan fingerprint density at radius 3 is 2.22 bits per heavy atom. The lowest BCUT2D eigenvalue weighted by Gasteiger charge is -2.37. The summed E-state index contributed by atoms with van der Waals surface area (Å²) in [4.78, 5) is 42.5. The second-order valence-electron chi connectivity index (χ2n) is 16.1. The molecule has 4 aliphatic rings. The first kappa shape index (κ1) is 44.9. The van der Waals surface area contributed by atoms with Crippen molar-refractivity contribution >= 4 is 40.3 Å². The highest BCUT2D eigenvalue weighted by molar-refractivity contribution is 6.23. The number of amides is 1. The number of benzene rings is 2. The molecule has 5 bridgehead atoms. The van der Waals surface area contributed by atoms with Crippen molar-refractivity contribution in [3.05, 3.63) is 52.8 Å². The number of hydrogen-bond donors (Lipinski definition) is 6. The summed E-state index contributed by atoms with van der Waals surface area (Å²) >= 11 is 0. The molecule has 0 aromatic heterocycles. The number of hydrogen-bond acceptors (Lipinski definition) is 15. The molecule has 59 heavy (non-hydrogen) atoms. The number of methoxy groups -OCH3 is 1. The number of piperazine rings is 1. The molecule has 6 rings (SSSR count). The Hall–Kier alpha value is -5.16. The number of aliphatic hydroxyl groups excluding tert-OH is 2. The van der Waals surface area contributed by atoms with Gasteiger partial charge < -0.3 is 54.7 Å². The minimum absolute atomic E-state index is 0.0594. The van der Waals surface area contributed by atoms with Crippen LogP contribution in [0.25, 0.3) is 10.8 Å². The molecule has 1 saturated heterocycles. The lowest BCUT2D eigenvalue weighted by molar-refractivity contribution is -0.156. The van der Waals surface area contributed by atoms with Crippen LogP contribution in [0.1, 0.15) is 70.0 Å². The van der Waals surface area contributed by atoms with Gasteiger partial charge in [0.25, 0.3) is 11.7 Å². The lowest BCUT2D eigenvalue weighted by atomic mass is 9.78. The first-order valence-electron chi connectivity index (χ1n) is 19.8. The molecule has 2 aromatic rings. The van der Waals surface area contributed by atoms with Gasteiger partial charge in [-0.2, -0.15) is 5.10 Å². The Morgan fingerprint density at radius 1 is 0.949 bits per heavy atom. The van der Waals surface area contributed by atoms with Crippen molar-refractivity contribution in [1.82, 2.24) is 9.91 Å². The van der Waals surface area contributed by atoms with E-state index in [9.17, 15) is 39.9 Å². The van der Waals surface area contributed by atoms with Crippen molar-refractivity contribution in [2.24, 2.45) is 28.8 Å². The molecule has 2 aromatic carbocycles. The number of allylic oxidation sites excluding steroid dienone is 2. The van der Waals surface area contributed by atoms with Gasteiger partial charge in [-0.05, 0) is 27.0 Å². The Labute approximate surface area is 344 Å². The first-order valence-corrected chi connectivity index (χ1v) is 19.8. The second kappa shape index (κ2) is 18.0. The molecule has 1 fully saturated rings. The topological polar surface area (TPSA) is 220 Å². The SMILES string of the molecule is COC1C=COC2(C)Oc3c(C)c(O)c4c(O)c(c(C=NN5CCN(C)CC5)c(O)c4c3C2=O)NC(=O)C(C)=CC=CC(C)C(OC(C)=O)C(C)C(O)C(C)C(O)C1C. The van der Waals surface area contributed by atoms with Crippen LogP contribution in [-0.4, -0.2) is 130 Å². The van der Waals surface area contributed by atoms with Crippen molar-refractivity contribution in [1.29, 1.82) is 0 Å². The summed E-state index contributed by atoms with van der Waals surface area (Å²) in [6, 6.07) is 0. The summed E-state index contributed by atoms with van der Waals surface area (Å²) in [5.41, 5.74) is -0.355. The molecule has 0 saturated carbocycles. The zero-order valence-electron chi connectivity index (χ0n) is 35.3. The van der Waals surface area contributed by atoms with E-state index in [-0.39, 0.29) is 44.5 Å². The summed E-state index contributed by atoms with van der Waals surface area (Å²) in [6.45, 7) is 15.1. The Kier molecular flexibility index (Phi) is 13.7. The average Bonchev–Trinajstić information content (AvgIpc) is 3.46. The third-order valence-electron chi connectivity index (χ3n) is 11.9. The highest BCUT2D eigenvalue weighted by Crippen LogP contribution is 2.55. The summed E-state index contributed by atoms with van der Waals surface area (Å²) in [5, 5.41) is 67.0. The van der Waals surface area contributed by atoms with Crippen LogP contribution in [0.5, 0.6) is 23.0 Å². The van der Waals surface area contributed by atoms with Gasteiger partial charge in [-0.1, -0.05) is 45.9 Å². The van der Waals surface area contributed by atoms with Crippen LogP contribution in [0, 0.1) is 30.6 Å². The lowest BCUT2D eigenvalue weighted by Crippen LogP contribution is -2.46. The number of nitrogens with zero attached hydrogens (tertiary/aromatic N) is 3. The van der Waals surface area contributed by atoms with E-state index >= 15 is 0 Å². The van der Waals surface area contributed by atoms with Crippen molar-refractivity contribution in [2.75, 3.05) is 45.7 Å². The number of esters is 1. The standard InChI is InChI=1S/C43H58N4O12/c1-21-12-11-13-22(2)42(55)45-33-28(20-44-47-17-15-46(9)16-18-47)37(52)30-31(38(33)53)36(51)26(6)40-32(30)41(54)43(8,59-40)57-19-14-29(56-10)23(3)34(49)24(4)35(50)25(5)39(21)58-27(7)48/h11-14,19-21,23-25,29,34-35,39,49-53H,15-18H2,1-10H3,(H,45,55). The normalized spacial score (nSPS) is 30.1. The van der Waals surface area contributed by atoms with Gasteiger partial charge in [0.1, 0.15) is 23.4 Å². The Morgan fingerprint density at radius 2 is 1.59 bits per heavy atom. The molecule has 9 atom stereocenters. The van der Waals surface area contributed by atoms with Crippen molar-refractivity contribution < 1.29 is 58.9 Å². The van der Waals surface area contributed by atoms with E-state index < -0.39 is 88.8 Å². The number of carbonyl (C=O) groups excluding carboxylic acids is 3. The minimum Gasteiger partial charge on any atom is -0.507 e. The smallest absolute Gasteiger partial charge is 0.312 e. The molecule has 0 aliphatic carbocycles. The van der Waals surface area contributed by atoms with E-state index in [1.54, 1.807) is 44.9 Å². The number of carbonyl (C=O) groups is 3. The third kappa shape index (κ3) is 8.91. The number of nitrogens with one attached hydrogen (secondary N) is 1. The number of ether oxygens (including phenoxy) is 4. The predicted molar refractivity (Wildman–Crippen MR) is 220 cm³/mol. The second-order valence-corrected chi connectivity index (χ2v) is 16.1. The molecule has 9 unspecified atom stereocenters. The number of anilines is 1. The van der Waals surface area contributed by atoms with Crippen molar-refractivity contribution in [3.63, 3.8) is 0 Å². The van der Waals surface area contributed by atoms with Gasteiger partial charge in [0.2, 0.25) is 0 Å². The monoisotopic (exact) mass is 822 g/mol. The van der Waals surface area contributed by atoms with E-state index in [2.05, 4.69) is 15.3 Å². The van der Waals surface area contributed by atoms with Gasteiger partial charge in [0.05, 0.1) is 53.0 Å². The fourth-order valence-electron chi connectivity index (χ4n) is 7.93. The molecule has 4 aliphatic heterocycles. The third-order valence-corrected chi connectivity index (χ3v) is 11.9. The number of aliphatic hydroxyl groups is 2. The maximum atomic E-state index is 14.4. The van der Waals surface area contributed by atoms with Gasteiger partial charge in [0, 0.05) is 87.3 Å². The molecule has 1 amide bonds. The van der Waals surface area contributed by atoms with Crippen molar-refractivity contribution in [3.8, 4) is 23.0 Å². The zero-order valence-corrected chi connectivity index (χ0v) is 35.3. The Balaban J connectivity index is 1.70. The molecule has 0 spiro atoms. The highest BCUT2D eigenvalue weighted by Gasteiger charge is 2.50. The molecule has 0 radical (unpaired) electrons. The number of phenols is 3. The number of rotatable bonds is 4. The van der Waals surface area contributed by atoms with Gasteiger partial charge in [-0.25, -0.2) is 0 Å². The van der Waals surface area contributed by atoms with E-state index in [4.69, 9.17) is 18.9 Å². The number of aromatic hydroxyl groups is 3. The largest absolute Gasteiger partial charge is 0.507 e. The zero-order chi connectivity index (χ0) is 43.7. The van der Waals surface area contributed by atoms with Crippen LogP contribution < -0.4 is 10.1 Å². The average molecular weight is 823 g/mol. The quantitative estimate of drug-likeness (QED) is 0.109. The highest BCUT2D eigenvalue weighted by atomic mass is 16.7. The van der Waals surface area contributed by atoms with E-state index in [0.29, 0.717) is 13.1 Å². The minimum atomic E-state index is -2.03. The van der Waals surface area contributed by atoms with E-state index in [1.165, 1.54) is 59.4 Å². The summed E-state index contributed by atoms with van der Waals surface area (Å²) in [5.74, 6) is -8.30. The van der Waals surface area contributed by atoms with Gasteiger partial charge in [-0.3, -0.25) is 19.4 Å². The van der Waals surface area contributed by atoms with Crippen LogP contribution in [0.15, 0.2) is 41.2 Å². The molecule has 16 heteroatoms. The van der Waals surface area contributed by atoms with Gasteiger partial charge in [-0.15, -0.1) is 0 Å². The number of hydrazone groups is 1. The van der Waals surface area contributed by atoms with Crippen LogP contribution in [0.2, 0.25) is 0 Å². The van der Waals surface area contributed by atoms with Crippen LogP contribution in [0.4, 0.5) is 5.69 Å². The molecular formula is C43H58N4O12. The maximum Gasteiger partial charge on any atom is 0.312 e. The van der Waals surface area contributed by atoms with E-state index in [0.717, 1.165) is 13.1 Å². The number of fused-ring (bicyclic) bond motifs is 14. The number of phenolic OH excluding ortho intramolecular Hbond substituents is 3. The number of ketones is 1. The Bertz CT molecular complexity index is 2070. The van der Waals surface area contributed by atoms with Crippen LogP contribution >= 0.6 is 0 Å². The van der Waals surface area contributed by atoms with Crippen LogP contribution in [0.3, 0.4) is 0 Å². The molecule has 16 nitrogen and oxygen atoms in total. The van der Waals surface area contributed by atoms with Crippen molar-refractivity contribution in [2.45, 2.75) is 85.6 Å². The number of Topliss-reactive ketones (excluding diaryl/α,β-unsaturated/α-hetero) is 1. The first-order chi connectivity index (χ1) is 27.7. The maximum absolute atomic E-state index is 14.4. The fourth-order valence-corrected chi connectivity index (χ4v) is 7.93. The summed E-state index contributed by atoms with van der Waals surface area (Å²) in [7, 11) is 3.42. The van der Waals surface area contributed by atoms with Crippen LogP contribution in [-0.2, 0) is 23.8 Å². The molecule has 6 N–H and O–H groups in total. The van der Waals surface area contributed by atoms with E-state index in [1.807, 2.05) is 7.05 Å². The molecule has 4 heterocycles. The van der Waals surface area contributed by atoms with Gasteiger partial charge in [0.15, 0.2) is 5.75 Å². The van der Waals surface area contributed by atoms with Gasteiger partial charge >= 0.3 is 11.8 Å². The summed E-state index contributed by atoms with van der Waals surface area (Å²) < 4.78 is 23.4. The summed E-state index contributed by atoms with van der Waals surface area (Å²) in [6.07, 6.45) is 4.90. The molecular weight excluding hydrogens is 764 g/mol.